The minimum atomic E-state index is 0.198. The highest BCUT2D eigenvalue weighted by molar-refractivity contribution is 7.05. The van der Waals surface area contributed by atoms with Crippen molar-refractivity contribution in [2.45, 2.75) is 32.9 Å². The van der Waals surface area contributed by atoms with Crippen LogP contribution in [0.2, 0.25) is 0 Å². The molecule has 0 amide bonds. The molecule has 1 heterocycles. The summed E-state index contributed by atoms with van der Waals surface area (Å²) >= 11 is 1.55. The summed E-state index contributed by atoms with van der Waals surface area (Å²) in [4.78, 5) is 1.29. The average molecular weight is 170 g/mol. The van der Waals surface area contributed by atoms with E-state index in [-0.39, 0.29) is 5.54 Å². The maximum atomic E-state index is 4.02. The molecule has 1 aromatic rings. The third-order valence-electron chi connectivity index (χ3n) is 1.28. The van der Waals surface area contributed by atoms with Crippen LogP contribution in [-0.4, -0.2) is 9.91 Å². The SMILES string of the molecule is CC(C)(C)NCc1ccns1. The summed E-state index contributed by atoms with van der Waals surface area (Å²) < 4.78 is 4.02. The van der Waals surface area contributed by atoms with Crippen LogP contribution in [0.3, 0.4) is 0 Å². The Morgan fingerprint density at radius 3 is 2.73 bits per heavy atom. The molecule has 62 valence electrons. The van der Waals surface area contributed by atoms with Gasteiger partial charge in [-0.15, -0.1) is 0 Å². The van der Waals surface area contributed by atoms with E-state index >= 15 is 0 Å². The first-order valence-electron chi connectivity index (χ1n) is 3.72. The molecule has 0 unspecified atom stereocenters. The lowest BCUT2D eigenvalue weighted by molar-refractivity contribution is 0.426. The molecule has 3 heteroatoms. The summed E-state index contributed by atoms with van der Waals surface area (Å²) in [5.74, 6) is 0. The van der Waals surface area contributed by atoms with Gasteiger partial charge in [0, 0.05) is 23.2 Å². The van der Waals surface area contributed by atoms with Crippen molar-refractivity contribution in [3.8, 4) is 0 Å². The predicted molar refractivity (Wildman–Crippen MR) is 48.7 cm³/mol. The average Bonchev–Trinajstić information content (AvgIpc) is 2.32. The molecule has 0 atom stereocenters. The van der Waals surface area contributed by atoms with Crippen LogP contribution < -0.4 is 5.32 Å². The monoisotopic (exact) mass is 170 g/mol. The van der Waals surface area contributed by atoms with E-state index in [0.29, 0.717) is 0 Å². The van der Waals surface area contributed by atoms with E-state index in [9.17, 15) is 0 Å². The maximum absolute atomic E-state index is 4.02. The molecular weight excluding hydrogens is 156 g/mol. The summed E-state index contributed by atoms with van der Waals surface area (Å²) in [5.41, 5.74) is 0.198. The van der Waals surface area contributed by atoms with Crippen LogP contribution in [0.1, 0.15) is 25.6 Å². The Morgan fingerprint density at radius 1 is 1.55 bits per heavy atom. The van der Waals surface area contributed by atoms with E-state index in [4.69, 9.17) is 0 Å². The van der Waals surface area contributed by atoms with Crippen molar-refractivity contribution >= 4 is 11.5 Å². The van der Waals surface area contributed by atoms with E-state index < -0.39 is 0 Å². The van der Waals surface area contributed by atoms with E-state index in [0.717, 1.165) is 6.54 Å². The number of hydrogen-bond acceptors (Lipinski definition) is 3. The van der Waals surface area contributed by atoms with Crippen molar-refractivity contribution in [2.24, 2.45) is 0 Å². The fourth-order valence-corrected chi connectivity index (χ4v) is 1.20. The fraction of sp³-hybridized carbons (Fsp3) is 0.625. The van der Waals surface area contributed by atoms with Gasteiger partial charge in [-0.25, -0.2) is 4.37 Å². The third-order valence-corrected chi connectivity index (χ3v) is 2.03. The standard InChI is InChI=1S/C8H14N2S/c1-8(2,3)9-6-7-4-5-10-11-7/h4-5,9H,6H2,1-3H3. The Kier molecular flexibility index (Phi) is 2.62. The maximum Gasteiger partial charge on any atom is 0.0410 e. The lowest BCUT2D eigenvalue weighted by Gasteiger charge is -2.19. The van der Waals surface area contributed by atoms with Gasteiger partial charge in [0.2, 0.25) is 0 Å². The van der Waals surface area contributed by atoms with Crippen LogP contribution in [0.4, 0.5) is 0 Å². The minimum absolute atomic E-state index is 0.198. The molecule has 0 bridgehead atoms. The Bertz CT molecular complexity index is 198. The Balaban J connectivity index is 2.35. The van der Waals surface area contributed by atoms with Crippen molar-refractivity contribution in [3.63, 3.8) is 0 Å². The summed E-state index contributed by atoms with van der Waals surface area (Å²) in [6.45, 7) is 7.41. The molecule has 2 nitrogen and oxygen atoms in total. The quantitative estimate of drug-likeness (QED) is 0.734. The molecule has 1 aromatic heterocycles. The first kappa shape index (κ1) is 8.68. The molecule has 0 fully saturated rings. The van der Waals surface area contributed by atoms with Gasteiger partial charge in [0.05, 0.1) is 0 Å². The molecule has 0 aliphatic heterocycles. The van der Waals surface area contributed by atoms with Gasteiger partial charge in [-0.05, 0) is 38.4 Å². The van der Waals surface area contributed by atoms with E-state index in [1.54, 1.807) is 11.5 Å². The molecule has 0 saturated heterocycles. The first-order valence-corrected chi connectivity index (χ1v) is 4.50. The molecule has 1 rings (SSSR count). The van der Waals surface area contributed by atoms with Crippen LogP contribution >= 0.6 is 11.5 Å². The molecule has 11 heavy (non-hydrogen) atoms. The highest BCUT2D eigenvalue weighted by Crippen LogP contribution is 2.06. The predicted octanol–water partition coefficient (Wildman–Crippen LogP) is 2.03. The number of aromatic nitrogens is 1. The van der Waals surface area contributed by atoms with Gasteiger partial charge in [0.1, 0.15) is 0 Å². The number of rotatable bonds is 2. The zero-order chi connectivity index (χ0) is 8.32. The Hall–Kier alpha value is -0.410. The zero-order valence-corrected chi connectivity index (χ0v) is 8.03. The van der Waals surface area contributed by atoms with Crippen molar-refractivity contribution < 1.29 is 0 Å². The van der Waals surface area contributed by atoms with Crippen LogP contribution in [0.25, 0.3) is 0 Å². The van der Waals surface area contributed by atoms with Gasteiger partial charge in [0.25, 0.3) is 0 Å². The Labute approximate surface area is 71.8 Å². The van der Waals surface area contributed by atoms with Crippen LogP contribution in [0.15, 0.2) is 12.3 Å². The van der Waals surface area contributed by atoms with Gasteiger partial charge in [0.15, 0.2) is 0 Å². The zero-order valence-electron chi connectivity index (χ0n) is 7.22. The van der Waals surface area contributed by atoms with Gasteiger partial charge in [-0.3, -0.25) is 0 Å². The lowest BCUT2D eigenvalue weighted by Crippen LogP contribution is -2.34. The van der Waals surface area contributed by atoms with E-state index in [1.807, 2.05) is 12.3 Å². The first-order chi connectivity index (χ1) is 5.08. The highest BCUT2D eigenvalue weighted by Gasteiger charge is 2.08. The molecule has 0 spiro atoms. The molecular formula is C8H14N2S. The lowest BCUT2D eigenvalue weighted by atomic mass is 10.1. The van der Waals surface area contributed by atoms with Crippen molar-refractivity contribution in [1.29, 1.82) is 0 Å². The molecule has 0 saturated carbocycles. The molecule has 0 aromatic carbocycles. The second-order valence-electron chi connectivity index (χ2n) is 3.58. The normalized spacial score (nSPS) is 11.9. The van der Waals surface area contributed by atoms with Crippen molar-refractivity contribution in [3.05, 3.63) is 17.1 Å². The number of nitrogens with zero attached hydrogens (tertiary/aromatic N) is 1. The molecule has 0 radical (unpaired) electrons. The summed E-state index contributed by atoms with van der Waals surface area (Å²) in [6, 6.07) is 2.05. The summed E-state index contributed by atoms with van der Waals surface area (Å²) in [6.07, 6.45) is 1.84. The molecule has 0 aliphatic rings. The van der Waals surface area contributed by atoms with Crippen LogP contribution in [-0.2, 0) is 6.54 Å². The summed E-state index contributed by atoms with van der Waals surface area (Å²) in [7, 11) is 0. The second-order valence-corrected chi connectivity index (χ2v) is 4.50. The van der Waals surface area contributed by atoms with Crippen LogP contribution in [0, 0.1) is 0 Å². The molecule has 0 aliphatic carbocycles. The minimum Gasteiger partial charge on any atom is -0.307 e. The van der Waals surface area contributed by atoms with Crippen molar-refractivity contribution in [1.82, 2.24) is 9.69 Å². The summed E-state index contributed by atoms with van der Waals surface area (Å²) in [5, 5.41) is 3.39. The van der Waals surface area contributed by atoms with E-state index in [1.165, 1.54) is 4.88 Å². The van der Waals surface area contributed by atoms with Gasteiger partial charge >= 0.3 is 0 Å². The number of nitrogens with one attached hydrogen (secondary N) is 1. The topological polar surface area (TPSA) is 24.9 Å². The van der Waals surface area contributed by atoms with Gasteiger partial charge < -0.3 is 5.32 Å². The largest absolute Gasteiger partial charge is 0.307 e. The van der Waals surface area contributed by atoms with Crippen LogP contribution in [0.5, 0.6) is 0 Å². The Morgan fingerprint density at radius 2 is 2.27 bits per heavy atom. The van der Waals surface area contributed by atoms with Gasteiger partial charge in [-0.1, -0.05) is 0 Å². The third kappa shape index (κ3) is 3.49. The van der Waals surface area contributed by atoms with Gasteiger partial charge in [-0.2, -0.15) is 0 Å². The fourth-order valence-electron chi connectivity index (χ4n) is 0.686. The van der Waals surface area contributed by atoms with E-state index in [2.05, 4.69) is 30.5 Å². The smallest absolute Gasteiger partial charge is 0.0410 e. The highest BCUT2D eigenvalue weighted by atomic mass is 32.1. The van der Waals surface area contributed by atoms with Crippen molar-refractivity contribution in [2.75, 3.05) is 0 Å². The second kappa shape index (κ2) is 3.32. The number of hydrogen-bond donors (Lipinski definition) is 1. The molecule has 1 N–H and O–H groups in total.